The van der Waals surface area contributed by atoms with Gasteiger partial charge in [0, 0.05) is 57.9 Å². The highest BCUT2D eigenvalue weighted by Crippen LogP contribution is 2.32. The molecule has 2 aromatic heterocycles. The van der Waals surface area contributed by atoms with Crippen LogP contribution in [0.5, 0.6) is 0 Å². The molecule has 0 spiro atoms. The van der Waals surface area contributed by atoms with Crippen LogP contribution in [0.3, 0.4) is 0 Å². The monoisotopic (exact) mass is 561 g/mol. The van der Waals surface area contributed by atoms with Gasteiger partial charge in [0.2, 0.25) is 11.9 Å². The van der Waals surface area contributed by atoms with E-state index in [1.54, 1.807) is 24.3 Å². The van der Waals surface area contributed by atoms with Crippen molar-refractivity contribution >= 4 is 45.7 Å². The van der Waals surface area contributed by atoms with Gasteiger partial charge in [0.05, 0.1) is 5.69 Å². The molecule has 5 aromatic rings. The molecule has 0 bridgehead atoms. The van der Waals surface area contributed by atoms with E-state index in [0.29, 0.717) is 29.3 Å². The summed E-state index contributed by atoms with van der Waals surface area (Å²) in [4.78, 5) is 39.8. The van der Waals surface area contributed by atoms with Gasteiger partial charge in [-0.3, -0.25) is 9.59 Å². The largest absolute Gasteiger partial charge is 0.360 e. The van der Waals surface area contributed by atoms with E-state index in [0.717, 1.165) is 46.4 Å². The zero-order chi connectivity index (χ0) is 29.6. The van der Waals surface area contributed by atoms with Crippen LogP contribution in [0.25, 0.3) is 22.2 Å². The fourth-order valence-corrected chi connectivity index (χ4v) is 4.82. The van der Waals surface area contributed by atoms with Crippen LogP contribution >= 0.6 is 0 Å². The second-order valence-electron chi connectivity index (χ2n) is 10.6. The summed E-state index contributed by atoms with van der Waals surface area (Å²) in [6.45, 7) is 4.95. The Morgan fingerprint density at radius 2 is 1.64 bits per heavy atom. The molecule has 3 aromatic carbocycles. The van der Waals surface area contributed by atoms with Gasteiger partial charge in [-0.25, -0.2) is 9.97 Å². The van der Waals surface area contributed by atoms with Crippen molar-refractivity contribution in [3.05, 3.63) is 95.8 Å². The quantitative estimate of drug-likeness (QED) is 0.154. The maximum Gasteiger partial charge on any atom is 0.255 e. The summed E-state index contributed by atoms with van der Waals surface area (Å²) in [7, 11) is 3.96. The third-order valence-corrected chi connectivity index (χ3v) is 6.96. The van der Waals surface area contributed by atoms with Gasteiger partial charge in [0.15, 0.2) is 0 Å². The summed E-state index contributed by atoms with van der Waals surface area (Å²) in [6, 6.07) is 20.4. The number of hydrogen-bond acceptors (Lipinski definition) is 6. The number of rotatable bonds is 10. The van der Waals surface area contributed by atoms with E-state index in [9.17, 15) is 9.59 Å². The Morgan fingerprint density at radius 1 is 0.881 bits per heavy atom. The summed E-state index contributed by atoms with van der Waals surface area (Å²) in [5.74, 6) is 0.167. The number of benzene rings is 3. The second-order valence-corrected chi connectivity index (χ2v) is 10.6. The lowest BCUT2D eigenvalue weighted by atomic mass is 10.0. The number of nitrogens with zero attached hydrogens (tertiary/aromatic N) is 3. The van der Waals surface area contributed by atoms with E-state index in [1.807, 2.05) is 68.6 Å². The molecule has 0 fully saturated rings. The number of fused-ring (bicyclic) bond motifs is 1. The zero-order valence-electron chi connectivity index (χ0n) is 24.3. The first kappa shape index (κ1) is 28.5. The summed E-state index contributed by atoms with van der Waals surface area (Å²) in [5.41, 5.74) is 7.61. The highest BCUT2D eigenvalue weighted by Gasteiger charge is 2.14. The zero-order valence-corrected chi connectivity index (χ0v) is 24.3. The highest BCUT2D eigenvalue weighted by molar-refractivity contribution is 6.05. The first-order valence-electron chi connectivity index (χ1n) is 13.9. The van der Waals surface area contributed by atoms with Crippen LogP contribution < -0.4 is 16.0 Å². The number of nitrogens with one attached hydrogen (secondary N) is 4. The van der Waals surface area contributed by atoms with Gasteiger partial charge in [-0.15, -0.1) is 0 Å². The van der Waals surface area contributed by atoms with Gasteiger partial charge in [-0.05, 0) is 101 Å². The molecule has 0 unspecified atom stereocenters. The van der Waals surface area contributed by atoms with Crippen molar-refractivity contribution in [3.63, 3.8) is 0 Å². The number of carbonyl (C=O) groups excluding carboxylic acids is 2. The molecule has 214 valence electrons. The fraction of sp³-hybridized carbons (Fsp3) is 0.212. The van der Waals surface area contributed by atoms with E-state index in [4.69, 9.17) is 4.98 Å². The molecule has 4 N–H and O–H groups in total. The normalized spacial score (nSPS) is 11.1. The minimum Gasteiger partial charge on any atom is -0.360 e. The van der Waals surface area contributed by atoms with Crippen LogP contribution in [0.15, 0.2) is 79.1 Å². The Morgan fingerprint density at radius 3 is 2.43 bits per heavy atom. The number of carbonyl (C=O) groups is 2. The standard InChI is InChI=1S/C33H35N7O2/c1-21-8-5-11-28-30(21)27(20-34-28)31-22(2)19-35-33(39-31)38-26-10-6-9-25(18-26)37-32(42)23-13-15-24(16-14-23)36-29(41)12-7-17-40(3)4/h5-6,8-11,13-16,18-20,34H,7,12,17H2,1-4H3,(H,36,41)(H,37,42)(H,35,38,39). The first-order chi connectivity index (χ1) is 20.3. The van der Waals surface area contributed by atoms with Crippen molar-refractivity contribution in [3.8, 4) is 11.3 Å². The van der Waals surface area contributed by atoms with E-state index in [1.165, 1.54) is 5.56 Å². The van der Waals surface area contributed by atoms with Crippen molar-refractivity contribution in [2.75, 3.05) is 36.6 Å². The van der Waals surface area contributed by atoms with Crippen LogP contribution in [0.2, 0.25) is 0 Å². The maximum atomic E-state index is 12.9. The molecule has 0 atom stereocenters. The van der Waals surface area contributed by atoms with Crippen molar-refractivity contribution in [1.82, 2.24) is 19.9 Å². The molecule has 0 saturated carbocycles. The lowest BCUT2D eigenvalue weighted by molar-refractivity contribution is -0.116. The predicted octanol–water partition coefficient (Wildman–Crippen LogP) is 6.52. The van der Waals surface area contributed by atoms with Crippen molar-refractivity contribution in [2.24, 2.45) is 0 Å². The van der Waals surface area contributed by atoms with Crippen LogP contribution in [0, 0.1) is 13.8 Å². The minimum atomic E-state index is -0.250. The predicted molar refractivity (Wildman–Crippen MR) is 169 cm³/mol. The van der Waals surface area contributed by atoms with Crippen molar-refractivity contribution in [2.45, 2.75) is 26.7 Å². The highest BCUT2D eigenvalue weighted by atomic mass is 16.2. The molecular formula is C33H35N7O2. The molecule has 0 aliphatic rings. The number of hydrogen-bond donors (Lipinski definition) is 4. The van der Waals surface area contributed by atoms with E-state index >= 15 is 0 Å². The minimum absolute atomic E-state index is 0.0420. The number of aryl methyl sites for hydroxylation is 2. The van der Waals surface area contributed by atoms with Crippen LogP contribution in [-0.2, 0) is 4.79 Å². The van der Waals surface area contributed by atoms with Gasteiger partial charge in [0.25, 0.3) is 5.91 Å². The molecule has 9 heteroatoms. The van der Waals surface area contributed by atoms with Crippen molar-refractivity contribution in [1.29, 1.82) is 0 Å². The number of aromatic amines is 1. The molecule has 42 heavy (non-hydrogen) atoms. The molecule has 9 nitrogen and oxygen atoms in total. The average molecular weight is 562 g/mol. The maximum absolute atomic E-state index is 12.9. The van der Waals surface area contributed by atoms with E-state index < -0.39 is 0 Å². The first-order valence-corrected chi connectivity index (χ1v) is 13.9. The Balaban J connectivity index is 1.24. The molecular weight excluding hydrogens is 526 g/mol. The Bertz CT molecular complexity index is 1720. The summed E-state index contributed by atoms with van der Waals surface area (Å²) in [6.07, 6.45) is 5.03. The molecule has 0 radical (unpaired) electrons. The Kier molecular flexibility index (Phi) is 8.59. The second kappa shape index (κ2) is 12.7. The molecule has 0 aliphatic carbocycles. The van der Waals surface area contributed by atoms with Gasteiger partial charge in [-0.1, -0.05) is 18.2 Å². The summed E-state index contributed by atoms with van der Waals surface area (Å²) in [5, 5.41) is 10.2. The molecule has 2 amide bonds. The number of amides is 2. The topological polar surface area (TPSA) is 115 Å². The third kappa shape index (κ3) is 6.82. The van der Waals surface area contributed by atoms with Gasteiger partial charge >= 0.3 is 0 Å². The van der Waals surface area contributed by atoms with Gasteiger partial charge < -0.3 is 25.8 Å². The molecule has 2 heterocycles. The molecule has 5 rings (SSSR count). The summed E-state index contributed by atoms with van der Waals surface area (Å²) < 4.78 is 0. The Hall–Kier alpha value is -5.02. The SMILES string of the molecule is Cc1cnc(Nc2cccc(NC(=O)c3ccc(NC(=O)CCCN(C)C)cc3)c2)nc1-c1c[nH]c2cccc(C)c12. The van der Waals surface area contributed by atoms with E-state index in [2.05, 4.69) is 45.0 Å². The van der Waals surface area contributed by atoms with Gasteiger partial charge in [0.1, 0.15) is 0 Å². The van der Waals surface area contributed by atoms with Gasteiger partial charge in [-0.2, -0.15) is 0 Å². The summed E-state index contributed by atoms with van der Waals surface area (Å²) >= 11 is 0. The van der Waals surface area contributed by atoms with Crippen LogP contribution in [-0.4, -0.2) is 52.3 Å². The smallest absolute Gasteiger partial charge is 0.255 e. The average Bonchev–Trinajstić information content (AvgIpc) is 3.40. The van der Waals surface area contributed by atoms with E-state index in [-0.39, 0.29) is 11.8 Å². The van der Waals surface area contributed by atoms with Crippen molar-refractivity contribution < 1.29 is 9.59 Å². The molecule has 0 aliphatic heterocycles. The van der Waals surface area contributed by atoms with Crippen LogP contribution in [0.1, 0.15) is 34.3 Å². The third-order valence-electron chi connectivity index (χ3n) is 6.96. The molecule has 0 saturated heterocycles. The number of anilines is 4. The number of H-pyrrole nitrogens is 1. The Labute approximate surface area is 245 Å². The lowest BCUT2D eigenvalue weighted by Gasteiger charge is -2.11. The van der Waals surface area contributed by atoms with Crippen LogP contribution in [0.4, 0.5) is 23.0 Å². The number of aromatic nitrogens is 3. The fourth-order valence-electron chi connectivity index (χ4n) is 4.82. The lowest BCUT2D eigenvalue weighted by Crippen LogP contribution is -2.17.